The summed E-state index contributed by atoms with van der Waals surface area (Å²) in [6.07, 6.45) is 2.24. The molecule has 18 heavy (non-hydrogen) atoms. The van der Waals surface area contributed by atoms with Crippen LogP contribution in [0.2, 0.25) is 0 Å². The Kier molecular flexibility index (Phi) is 5.39. The van der Waals surface area contributed by atoms with Gasteiger partial charge in [-0.25, -0.2) is 0 Å². The summed E-state index contributed by atoms with van der Waals surface area (Å²) >= 11 is 3.19. The summed E-state index contributed by atoms with van der Waals surface area (Å²) in [7, 11) is 0. The van der Waals surface area contributed by atoms with E-state index in [9.17, 15) is 4.79 Å². The van der Waals surface area contributed by atoms with Gasteiger partial charge in [0.15, 0.2) is 0 Å². The van der Waals surface area contributed by atoms with Crippen molar-refractivity contribution in [3.8, 4) is 0 Å². The van der Waals surface area contributed by atoms with Crippen molar-refractivity contribution in [2.45, 2.75) is 46.0 Å². The van der Waals surface area contributed by atoms with Gasteiger partial charge in [-0.2, -0.15) is 0 Å². The van der Waals surface area contributed by atoms with Crippen molar-refractivity contribution in [3.05, 3.63) is 29.3 Å². The van der Waals surface area contributed by atoms with E-state index in [-0.39, 0.29) is 11.3 Å². The molecule has 1 N–H and O–H groups in total. The summed E-state index contributed by atoms with van der Waals surface area (Å²) in [6.45, 7) is 8.69. The monoisotopic (exact) mass is 311 g/mol. The van der Waals surface area contributed by atoms with Crippen molar-refractivity contribution < 1.29 is 4.79 Å². The lowest BCUT2D eigenvalue weighted by Crippen LogP contribution is -2.22. The number of hydrogen-bond acceptors (Lipinski definition) is 1. The molecule has 0 spiro atoms. The first-order valence-electron chi connectivity index (χ1n) is 6.38. The number of amides is 1. The molecule has 100 valence electrons. The molecule has 0 aliphatic heterocycles. The van der Waals surface area contributed by atoms with Gasteiger partial charge in [0.1, 0.15) is 0 Å². The predicted octanol–water partition coefficient (Wildman–Crippen LogP) is 4.41. The first-order chi connectivity index (χ1) is 8.42. The lowest BCUT2D eigenvalue weighted by Gasteiger charge is -2.28. The van der Waals surface area contributed by atoms with Crippen LogP contribution in [-0.4, -0.2) is 11.2 Å². The van der Waals surface area contributed by atoms with Crippen LogP contribution in [0.4, 0.5) is 5.69 Å². The lowest BCUT2D eigenvalue weighted by molar-refractivity contribution is -0.113. The topological polar surface area (TPSA) is 29.1 Å². The maximum absolute atomic E-state index is 11.6. The second-order valence-electron chi connectivity index (χ2n) is 5.31. The summed E-state index contributed by atoms with van der Waals surface area (Å²) < 4.78 is 0. The number of benzene rings is 1. The Balaban J connectivity index is 3.19. The molecule has 0 saturated carbocycles. The molecule has 1 aromatic rings. The highest BCUT2D eigenvalue weighted by Crippen LogP contribution is 2.35. The molecular weight excluding hydrogens is 290 g/mol. The quantitative estimate of drug-likeness (QED) is 0.802. The molecule has 0 unspecified atom stereocenters. The minimum absolute atomic E-state index is 0.00199. The van der Waals surface area contributed by atoms with Crippen LogP contribution in [-0.2, 0) is 10.2 Å². The lowest BCUT2D eigenvalue weighted by atomic mass is 9.79. The van der Waals surface area contributed by atoms with Gasteiger partial charge in [0.2, 0.25) is 5.91 Å². The van der Waals surface area contributed by atoms with E-state index >= 15 is 0 Å². The molecule has 3 heteroatoms. The van der Waals surface area contributed by atoms with E-state index in [2.05, 4.69) is 54.2 Å². The largest absolute Gasteiger partial charge is 0.325 e. The third-order valence-corrected chi connectivity index (χ3v) is 3.77. The van der Waals surface area contributed by atoms with Crippen molar-refractivity contribution in [1.29, 1.82) is 0 Å². The van der Waals surface area contributed by atoms with E-state index < -0.39 is 0 Å². The molecule has 1 aromatic carbocycles. The van der Waals surface area contributed by atoms with Gasteiger partial charge >= 0.3 is 0 Å². The fraction of sp³-hybridized carbons (Fsp3) is 0.533. The van der Waals surface area contributed by atoms with Gasteiger partial charge in [-0.05, 0) is 29.9 Å². The van der Waals surface area contributed by atoms with Crippen molar-refractivity contribution in [1.82, 2.24) is 0 Å². The Bertz CT molecular complexity index is 427. The number of nitrogens with one attached hydrogen (secondary N) is 1. The highest BCUT2D eigenvalue weighted by Gasteiger charge is 2.24. The second-order valence-corrected chi connectivity index (χ2v) is 5.87. The molecule has 2 nitrogen and oxygen atoms in total. The summed E-state index contributed by atoms with van der Waals surface area (Å²) in [4.78, 5) is 11.6. The molecule has 0 aromatic heterocycles. The van der Waals surface area contributed by atoms with Crippen molar-refractivity contribution in [2.24, 2.45) is 0 Å². The third-order valence-electron chi connectivity index (χ3n) is 3.26. The van der Waals surface area contributed by atoms with Crippen LogP contribution in [0.3, 0.4) is 0 Å². The van der Waals surface area contributed by atoms with Gasteiger partial charge < -0.3 is 5.32 Å². The Morgan fingerprint density at radius 3 is 2.61 bits per heavy atom. The van der Waals surface area contributed by atoms with Crippen molar-refractivity contribution >= 4 is 27.5 Å². The maximum atomic E-state index is 11.6. The van der Waals surface area contributed by atoms with Crippen LogP contribution in [0, 0.1) is 6.92 Å². The third kappa shape index (κ3) is 3.58. The number of alkyl halides is 1. The molecule has 0 aliphatic carbocycles. The molecule has 1 rings (SSSR count). The van der Waals surface area contributed by atoms with E-state index in [1.54, 1.807) is 0 Å². The van der Waals surface area contributed by atoms with Crippen LogP contribution in [0.15, 0.2) is 18.2 Å². The van der Waals surface area contributed by atoms with Gasteiger partial charge in [-0.1, -0.05) is 61.3 Å². The first kappa shape index (κ1) is 15.2. The highest BCUT2D eigenvalue weighted by atomic mass is 79.9. The number of halogens is 1. The second kappa shape index (κ2) is 6.37. The van der Waals surface area contributed by atoms with E-state index in [0.717, 1.165) is 24.1 Å². The Morgan fingerprint density at radius 2 is 2.06 bits per heavy atom. The summed E-state index contributed by atoms with van der Waals surface area (Å²) in [5.74, 6) is -0.00199. The normalized spacial score (nSPS) is 11.4. The van der Waals surface area contributed by atoms with Gasteiger partial charge in [0, 0.05) is 5.69 Å². The van der Waals surface area contributed by atoms with Crippen LogP contribution < -0.4 is 5.32 Å². The Hall–Kier alpha value is -0.830. The minimum atomic E-state index is -0.00199. The van der Waals surface area contributed by atoms with E-state index in [0.29, 0.717) is 5.33 Å². The zero-order valence-electron chi connectivity index (χ0n) is 11.6. The first-order valence-corrected chi connectivity index (χ1v) is 7.50. The molecule has 0 radical (unpaired) electrons. The number of rotatable bonds is 5. The number of hydrogen-bond donors (Lipinski definition) is 1. The zero-order chi connectivity index (χ0) is 13.8. The van der Waals surface area contributed by atoms with Crippen LogP contribution in [0.1, 0.15) is 44.7 Å². The van der Waals surface area contributed by atoms with Crippen LogP contribution in [0.5, 0.6) is 0 Å². The van der Waals surface area contributed by atoms with Crippen LogP contribution >= 0.6 is 15.9 Å². The summed E-state index contributed by atoms with van der Waals surface area (Å²) in [5.41, 5.74) is 3.39. The van der Waals surface area contributed by atoms with Crippen molar-refractivity contribution in [3.63, 3.8) is 0 Å². The molecule has 0 fully saturated rings. The van der Waals surface area contributed by atoms with E-state index in [4.69, 9.17) is 0 Å². The smallest absolute Gasteiger partial charge is 0.235 e. The molecule has 0 atom stereocenters. The van der Waals surface area contributed by atoms with Gasteiger partial charge in [-0.3, -0.25) is 4.79 Å². The van der Waals surface area contributed by atoms with E-state index in [1.165, 1.54) is 5.56 Å². The molecule has 0 saturated heterocycles. The summed E-state index contributed by atoms with van der Waals surface area (Å²) in [5, 5.41) is 3.34. The number of aryl methyl sites for hydroxylation is 1. The minimum Gasteiger partial charge on any atom is -0.325 e. The maximum Gasteiger partial charge on any atom is 0.235 e. The molecule has 0 heterocycles. The number of anilines is 1. The standard InChI is InChI=1S/C15H22BrNO/c1-5-9-15(3,4)12-8-6-7-11(2)14(12)17-13(18)10-16/h6-8H,5,9-10H2,1-4H3,(H,17,18). The van der Waals surface area contributed by atoms with E-state index in [1.807, 2.05) is 13.0 Å². The molecular formula is C15H22BrNO. The number of carbonyl (C=O) groups excluding carboxylic acids is 1. The number of para-hydroxylation sites is 1. The highest BCUT2D eigenvalue weighted by molar-refractivity contribution is 9.09. The Morgan fingerprint density at radius 1 is 1.39 bits per heavy atom. The van der Waals surface area contributed by atoms with Gasteiger partial charge in [0.05, 0.1) is 5.33 Å². The average Bonchev–Trinajstić information content (AvgIpc) is 2.31. The molecule has 0 bridgehead atoms. The molecule has 0 aliphatic rings. The fourth-order valence-electron chi connectivity index (χ4n) is 2.33. The predicted molar refractivity (Wildman–Crippen MR) is 81.5 cm³/mol. The number of carbonyl (C=O) groups is 1. The average molecular weight is 312 g/mol. The SMILES string of the molecule is CCCC(C)(C)c1cccc(C)c1NC(=O)CBr. The van der Waals surface area contributed by atoms with Crippen molar-refractivity contribution in [2.75, 3.05) is 10.6 Å². The van der Waals surface area contributed by atoms with Gasteiger partial charge in [-0.15, -0.1) is 0 Å². The Labute approximate surface area is 118 Å². The molecule has 1 amide bonds. The zero-order valence-corrected chi connectivity index (χ0v) is 13.2. The van der Waals surface area contributed by atoms with Gasteiger partial charge in [0.25, 0.3) is 0 Å². The van der Waals surface area contributed by atoms with Crippen LogP contribution in [0.25, 0.3) is 0 Å². The summed E-state index contributed by atoms with van der Waals surface area (Å²) in [6, 6.07) is 6.22. The fourth-order valence-corrected chi connectivity index (χ4v) is 2.47.